The zero-order valence-electron chi connectivity index (χ0n) is 11.1. The van der Waals surface area contributed by atoms with Gasteiger partial charge in [-0.25, -0.2) is 0 Å². The number of methoxy groups -OCH3 is 2. The van der Waals surface area contributed by atoms with Gasteiger partial charge in [0.1, 0.15) is 17.2 Å². The number of hydrogen-bond donors (Lipinski definition) is 0. The molecular weight excluding hydrogens is 280 g/mol. The van der Waals surface area contributed by atoms with Gasteiger partial charge in [-0.1, -0.05) is 18.2 Å². The van der Waals surface area contributed by atoms with Crippen LogP contribution in [0.25, 0.3) is 0 Å². The molecule has 0 aliphatic rings. The molecule has 0 saturated heterocycles. The Morgan fingerprint density at radius 2 is 1.55 bits per heavy atom. The second-order valence-electron chi connectivity index (χ2n) is 3.87. The Balaban J connectivity index is 2.43. The highest BCUT2D eigenvalue weighted by atomic mass is 32.2. The third-order valence-corrected chi connectivity index (χ3v) is 3.86. The molecule has 0 saturated carbocycles. The third kappa shape index (κ3) is 3.03. The molecule has 0 radical (unpaired) electrons. The first-order valence-corrected chi connectivity index (χ1v) is 7.19. The van der Waals surface area contributed by atoms with E-state index in [1.54, 1.807) is 36.4 Å². The van der Waals surface area contributed by atoms with Crippen LogP contribution in [0, 0.1) is 0 Å². The van der Waals surface area contributed by atoms with E-state index in [2.05, 4.69) is 0 Å². The van der Waals surface area contributed by atoms with Crippen molar-refractivity contribution in [3.63, 3.8) is 0 Å². The summed E-state index contributed by atoms with van der Waals surface area (Å²) in [5.74, 6) is 0.833. The molecule has 6 heteroatoms. The first-order valence-electron chi connectivity index (χ1n) is 5.78. The molecule has 2 aromatic carbocycles. The summed E-state index contributed by atoms with van der Waals surface area (Å²) in [5.41, 5.74) is 0. The highest BCUT2D eigenvalue weighted by molar-refractivity contribution is 7.87. The van der Waals surface area contributed by atoms with Crippen molar-refractivity contribution in [3.05, 3.63) is 48.5 Å². The molecule has 0 atom stereocenters. The maximum Gasteiger partial charge on any atom is 0.343 e. The highest BCUT2D eigenvalue weighted by Crippen LogP contribution is 2.30. The smallest absolute Gasteiger partial charge is 0.343 e. The predicted octanol–water partition coefficient (Wildman–Crippen LogP) is 2.47. The van der Waals surface area contributed by atoms with E-state index in [0.717, 1.165) is 0 Å². The molecule has 0 N–H and O–H groups in total. The molecule has 0 aliphatic heterocycles. The van der Waals surface area contributed by atoms with Crippen molar-refractivity contribution >= 4 is 10.1 Å². The second-order valence-corrected chi connectivity index (χ2v) is 5.38. The van der Waals surface area contributed by atoms with Gasteiger partial charge in [0.05, 0.1) is 14.2 Å². The summed E-state index contributed by atoms with van der Waals surface area (Å²) in [7, 11) is -1.15. The van der Waals surface area contributed by atoms with Crippen molar-refractivity contribution in [1.82, 2.24) is 0 Å². The Bertz CT molecular complexity index is 680. The molecule has 20 heavy (non-hydrogen) atoms. The Morgan fingerprint density at radius 1 is 0.850 bits per heavy atom. The van der Waals surface area contributed by atoms with E-state index in [4.69, 9.17) is 13.7 Å². The molecule has 0 fully saturated rings. The molecule has 2 aromatic rings. The van der Waals surface area contributed by atoms with Crippen LogP contribution in [-0.4, -0.2) is 22.6 Å². The van der Waals surface area contributed by atoms with Crippen LogP contribution in [0.15, 0.2) is 53.4 Å². The fourth-order valence-corrected chi connectivity index (χ4v) is 2.74. The van der Waals surface area contributed by atoms with Gasteiger partial charge in [0.15, 0.2) is 4.90 Å². The van der Waals surface area contributed by atoms with E-state index in [-0.39, 0.29) is 16.4 Å². The SMILES string of the molecule is COc1ccc(OC)c(S(=O)(=O)Oc2ccccc2)c1. The van der Waals surface area contributed by atoms with Crippen LogP contribution in [0.2, 0.25) is 0 Å². The number of para-hydroxylation sites is 1. The Hall–Kier alpha value is -2.21. The summed E-state index contributed by atoms with van der Waals surface area (Å²) in [6.07, 6.45) is 0. The van der Waals surface area contributed by atoms with Crippen molar-refractivity contribution in [3.8, 4) is 17.2 Å². The van der Waals surface area contributed by atoms with Crippen molar-refractivity contribution in [1.29, 1.82) is 0 Å². The summed E-state index contributed by atoms with van der Waals surface area (Å²) in [6.45, 7) is 0. The number of benzene rings is 2. The number of ether oxygens (including phenoxy) is 2. The van der Waals surface area contributed by atoms with Gasteiger partial charge in [-0.2, -0.15) is 8.42 Å². The first-order chi connectivity index (χ1) is 9.56. The number of rotatable bonds is 5. The number of hydrogen-bond acceptors (Lipinski definition) is 5. The topological polar surface area (TPSA) is 61.8 Å². The van der Waals surface area contributed by atoms with Gasteiger partial charge in [0.2, 0.25) is 0 Å². The third-order valence-electron chi connectivity index (χ3n) is 2.59. The summed E-state index contributed by atoms with van der Waals surface area (Å²) < 4.78 is 39.7. The molecule has 0 aliphatic carbocycles. The maximum atomic E-state index is 12.3. The normalized spacial score (nSPS) is 10.9. The second kappa shape index (κ2) is 5.83. The van der Waals surface area contributed by atoms with E-state index >= 15 is 0 Å². The molecule has 5 nitrogen and oxygen atoms in total. The summed E-state index contributed by atoms with van der Waals surface area (Å²) in [6, 6.07) is 12.7. The lowest BCUT2D eigenvalue weighted by molar-refractivity contribution is 0.388. The minimum absolute atomic E-state index is 0.0804. The molecule has 0 spiro atoms. The van der Waals surface area contributed by atoms with Gasteiger partial charge >= 0.3 is 10.1 Å². The van der Waals surface area contributed by atoms with Crippen molar-refractivity contribution in [2.75, 3.05) is 14.2 Å². The van der Waals surface area contributed by atoms with Crippen LogP contribution in [0.3, 0.4) is 0 Å². The monoisotopic (exact) mass is 294 g/mol. The van der Waals surface area contributed by atoms with Gasteiger partial charge in [-0.3, -0.25) is 0 Å². The quantitative estimate of drug-likeness (QED) is 0.793. The molecular formula is C14H14O5S. The van der Waals surface area contributed by atoms with Gasteiger partial charge < -0.3 is 13.7 Å². The lowest BCUT2D eigenvalue weighted by Crippen LogP contribution is -2.11. The molecule has 0 amide bonds. The van der Waals surface area contributed by atoms with Crippen molar-refractivity contribution in [2.24, 2.45) is 0 Å². The Morgan fingerprint density at radius 3 is 2.15 bits per heavy atom. The zero-order chi connectivity index (χ0) is 14.6. The van der Waals surface area contributed by atoms with E-state index < -0.39 is 10.1 Å². The molecule has 0 bridgehead atoms. The lowest BCUT2D eigenvalue weighted by atomic mass is 10.3. The summed E-state index contributed by atoms with van der Waals surface area (Å²) >= 11 is 0. The summed E-state index contributed by atoms with van der Waals surface area (Å²) in [4.78, 5) is -0.0804. The van der Waals surface area contributed by atoms with Crippen LogP contribution >= 0.6 is 0 Å². The van der Waals surface area contributed by atoms with E-state index in [1.165, 1.54) is 26.4 Å². The van der Waals surface area contributed by atoms with Crippen LogP contribution in [0.4, 0.5) is 0 Å². The molecule has 0 aromatic heterocycles. The van der Waals surface area contributed by atoms with Gasteiger partial charge in [0.25, 0.3) is 0 Å². The Kier molecular flexibility index (Phi) is 4.14. The van der Waals surface area contributed by atoms with E-state index in [1.807, 2.05) is 0 Å². The van der Waals surface area contributed by atoms with Crippen LogP contribution < -0.4 is 13.7 Å². The van der Waals surface area contributed by atoms with Crippen LogP contribution in [0.1, 0.15) is 0 Å². The van der Waals surface area contributed by atoms with Gasteiger partial charge in [-0.05, 0) is 24.3 Å². The average molecular weight is 294 g/mol. The van der Waals surface area contributed by atoms with Crippen molar-refractivity contribution < 1.29 is 22.1 Å². The van der Waals surface area contributed by atoms with Gasteiger partial charge in [-0.15, -0.1) is 0 Å². The average Bonchev–Trinajstić information content (AvgIpc) is 2.47. The predicted molar refractivity (Wildman–Crippen MR) is 73.8 cm³/mol. The van der Waals surface area contributed by atoms with E-state index in [9.17, 15) is 8.42 Å². The molecule has 2 rings (SSSR count). The standard InChI is InChI=1S/C14H14O5S/c1-17-12-8-9-13(18-2)14(10-12)20(15,16)19-11-6-4-3-5-7-11/h3-10H,1-2H3. The fourth-order valence-electron chi connectivity index (χ4n) is 1.63. The minimum atomic E-state index is -3.99. The molecule has 0 unspecified atom stereocenters. The Labute approximate surface area is 117 Å². The van der Waals surface area contributed by atoms with Crippen LogP contribution in [0.5, 0.6) is 17.2 Å². The minimum Gasteiger partial charge on any atom is -0.497 e. The maximum absolute atomic E-state index is 12.3. The molecule has 0 heterocycles. The van der Waals surface area contributed by atoms with Crippen molar-refractivity contribution in [2.45, 2.75) is 4.90 Å². The lowest BCUT2D eigenvalue weighted by Gasteiger charge is -2.11. The van der Waals surface area contributed by atoms with Crippen LogP contribution in [-0.2, 0) is 10.1 Å². The highest BCUT2D eigenvalue weighted by Gasteiger charge is 2.22. The zero-order valence-corrected chi connectivity index (χ0v) is 11.9. The van der Waals surface area contributed by atoms with Gasteiger partial charge in [0, 0.05) is 6.07 Å². The van der Waals surface area contributed by atoms with E-state index in [0.29, 0.717) is 5.75 Å². The molecule has 106 valence electrons. The fraction of sp³-hybridized carbons (Fsp3) is 0.143. The summed E-state index contributed by atoms with van der Waals surface area (Å²) in [5, 5.41) is 0. The first kappa shape index (κ1) is 14.2. The largest absolute Gasteiger partial charge is 0.497 e.